The Balaban J connectivity index is 0.00000361. The normalized spacial score (nSPS) is 18.7. The molecule has 1 aliphatic rings. The van der Waals surface area contributed by atoms with Crippen LogP contribution in [-0.4, -0.2) is 23.9 Å². The van der Waals surface area contributed by atoms with Gasteiger partial charge in [-0.15, -0.1) is 12.4 Å². The molecule has 5 nitrogen and oxygen atoms in total. The van der Waals surface area contributed by atoms with E-state index in [4.69, 9.17) is 11.5 Å². The van der Waals surface area contributed by atoms with Crippen LogP contribution in [0.25, 0.3) is 0 Å². The summed E-state index contributed by atoms with van der Waals surface area (Å²) in [6.07, 6.45) is 7.08. The third-order valence-electron chi connectivity index (χ3n) is 3.81. The molecule has 2 atom stereocenters. The van der Waals surface area contributed by atoms with E-state index in [-0.39, 0.29) is 42.7 Å². The van der Waals surface area contributed by atoms with Crippen LogP contribution in [-0.2, 0) is 9.59 Å². The van der Waals surface area contributed by atoms with E-state index in [1.807, 2.05) is 6.92 Å². The van der Waals surface area contributed by atoms with Gasteiger partial charge in [0.15, 0.2) is 0 Å². The van der Waals surface area contributed by atoms with Gasteiger partial charge in [0.05, 0.1) is 0 Å². The second-order valence-corrected chi connectivity index (χ2v) is 5.76. The van der Waals surface area contributed by atoms with Crippen molar-refractivity contribution in [1.82, 2.24) is 5.32 Å². The zero-order valence-corrected chi connectivity index (χ0v) is 13.1. The molecule has 20 heavy (non-hydrogen) atoms. The molecule has 6 heteroatoms. The highest BCUT2D eigenvalue weighted by atomic mass is 35.5. The number of halogens is 1. The summed E-state index contributed by atoms with van der Waals surface area (Å²) in [5.74, 6) is 0.0256. The first kappa shape index (κ1) is 19.2. The third-order valence-corrected chi connectivity index (χ3v) is 3.81. The first-order valence-electron chi connectivity index (χ1n) is 7.32. The van der Waals surface area contributed by atoms with Crippen molar-refractivity contribution in [2.45, 2.75) is 70.4 Å². The Labute approximate surface area is 127 Å². The zero-order chi connectivity index (χ0) is 14.3. The molecule has 0 aromatic rings. The molecule has 0 aromatic carbocycles. The van der Waals surface area contributed by atoms with Gasteiger partial charge >= 0.3 is 0 Å². The van der Waals surface area contributed by atoms with Crippen LogP contribution in [0, 0.1) is 5.92 Å². The van der Waals surface area contributed by atoms with Crippen LogP contribution in [0.1, 0.15) is 58.3 Å². The lowest BCUT2D eigenvalue weighted by Gasteiger charge is -2.30. The van der Waals surface area contributed by atoms with Crippen LogP contribution in [0.4, 0.5) is 0 Å². The first-order chi connectivity index (χ1) is 8.99. The lowest BCUT2D eigenvalue weighted by atomic mass is 9.82. The molecule has 0 heterocycles. The molecule has 0 spiro atoms. The standard InChI is InChI=1S/C14H27N3O2.ClH/c1-10(15)7-8-14(19)17-12(9-13(16)18)11-5-3-2-4-6-11;/h10-12H,2-9,15H2,1H3,(H2,16,18)(H,17,19);1H. The predicted octanol–water partition coefficient (Wildman–Crippen LogP) is 1.48. The van der Waals surface area contributed by atoms with E-state index in [0.717, 1.165) is 12.8 Å². The van der Waals surface area contributed by atoms with Crippen LogP contribution in [0.3, 0.4) is 0 Å². The van der Waals surface area contributed by atoms with Crippen LogP contribution >= 0.6 is 12.4 Å². The van der Waals surface area contributed by atoms with Gasteiger partial charge in [-0.2, -0.15) is 0 Å². The maximum atomic E-state index is 11.9. The molecule has 2 amide bonds. The maximum Gasteiger partial charge on any atom is 0.220 e. The lowest BCUT2D eigenvalue weighted by molar-refractivity contribution is -0.123. The summed E-state index contributed by atoms with van der Waals surface area (Å²) in [5.41, 5.74) is 10.9. The Morgan fingerprint density at radius 1 is 1.25 bits per heavy atom. The van der Waals surface area contributed by atoms with Crippen molar-refractivity contribution in [3.05, 3.63) is 0 Å². The Morgan fingerprint density at radius 2 is 1.85 bits per heavy atom. The Kier molecular flexibility index (Phi) is 9.59. The van der Waals surface area contributed by atoms with E-state index in [2.05, 4.69) is 5.32 Å². The highest BCUT2D eigenvalue weighted by molar-refractivity contribution is 5.85. The van der Waals surface area contributed by atoms with Gasteiger partial charge in [0.1, 0.15) is 0 Å². The van der Waals surface area contributed by atoms with E-state index >= 15 is 0 Å². The fraction of sp³-hybridized carbons (Fsp3) is 0.857. The summed E-state index contributed by atoms with van der Waals surface area (Å²) >= 11 is 0. The summed E-state index contributed by atoms with van der Waals surface area (Å²) in [6.45, 7) is 1.88. The second kappa shape index (κ2) is 10.00. The highest BCUT2D eigenvalue weighted by Gasteiger charge is 2.26. The van der Waals surface area contributed by atoms with Gasteiger partial charge in [-0.1, -0.05) is 19.3 Å². The molecule has 0 radical (unpaired) electrons. The van der Waals surface area contributed by atoms with Crippen molar-refractivity contribution in [1.29, 1.82) is 0 Å². The molecule has 1 fully saturated rings. The van der Waals surface area contributed by atoms with Gasteiger partial charge in [-0.05, 0) is 32.1 Å². The Bertz CT molecular complexity index is 305. The number of nitrogens with one attached hydrogen (secondary N) is 1. The largest absolute Gasteiger partial charge is 0.370 e. The molecule has 2 unspecified atom stereocenters. The number of nitrogens with two attached hydrogens (primary N) is 2. The van der Waals surface area contributed by atoms with Crippen LogP contribution < -0.4 is 16.8 Å². The summed E-state index contributed by atoms with van der Waals surface area (Å²) in [6, 6.07) is -0.0756. The van der Waals surface area contributed by atoms with Crippen molar-refractivity contribution >= 4 is 24.2 Å². The average Bonchev–Trinajstić information content (AvgIpc) is 2.36. The molecule has 0 bridgehead atoms. The number of amides is 2. The summed E-state index contributed by atoms with van der Waals surface area (Å²) in [5, 5.41) is 2.98. The molecule has 1 rings (SSSR count). The van der Waals surface area contributed by atoms with Gasteiger partial charge in [-0.3, -0.25) is 9.59 Å². The lowest BCUT2D eigenvalue weighted by Crippen LogP contribution is -2.43. The fourth-order valence-corrected chi connectivity index (χ4v) is 2.73. The molecule has 118 valence electrons. The van der Waals surface area contributed by atoms with Crippen molar-refractivity contribution in [2.24, 2.45) is 17.4 Å². The molecule has 1 aliphatic carbocycles. The minimum Gasteiger partial charge on any atom is -0.370 e. The molecule has 0 saturated heterocycles. The van der Waals surface area contributed by atoms with E-state index in [9.17, 15) is 9.59 Å². The minimum atomic E-state index is -0.344. The van der Waals surface area contributed by atoms with Crippen LogP contribution in [0.15, 0.2) is 0 Å². The number of hydrogen-bond acceptors (Lipinski definition) is 3. The Hall–Kier alpha value is -0.810. The van der Waals surface area contributed by atoms with E-state index in [1.54, 1.807) is 0 Å². The zero-order valence-electron chi connectivity index (χ0n) is 12.3. The van der Waals surface area contributed by atoms with Crippen molar-refractivity contribution < 1.29 is 9.59 Å². The summed E-state index contributed by atoms with van der Waals surface area (Å²) in [7, 11) is 0. The van der Waals surface area contributed by atoms with E-state index in [0.29, 0.717) is 18.8 Å². The highest BCUT2D eigenvalue weighted by Crippen LogP contribution is 2.27. The van der Waals surface area contributed by atoms with Crippen LogP contribution in [0.5, 0.6) is 0 Å². The molecule has 0 aromatic heterocycles. The molecular formula is C14H28ClN3O2. The van der Waals surface area contributed by atoms with E-state index in [1.165, 1.54) is 19.3 Å². The quantitative estimate of drug-likeness (QED) is 0.664. The second-order valence-electron chi connectivity index (χ2n) is 5.76. The predicted molar refractivity (Wildman–Crippen MR) is 82.4 cm³/mol. The monoisotopic (exact) mass is 305 g/mol. The number of hydrogen-bond donors (Lipinski definition) is 3. The van der Waals surface area contributed by atoms with Gasteiger partial charge in [-0.25, -0.2) is 0 Å². The molecule has 0 aliphatic heterocycles. The van der Waals surface area contributed by atoms with Gasteiger partial charge in [0.2, 0.25) is 11.8 Å². The average molecular weight is 306 g/mol. The van der Waals surface area contributed by atoms with Crippen LogP contribution in [0.2, 0.25) is 0 Å². The SMILES string of the molecule is CC(N)CCC(=O)NC(CC(N)=O)C1CCCCC1.Cl. The number of rotatable bonds is 7. The smallest absolute Gasteiger partial charge is 0.220 e. The number of carbonyl (C=O) groups is 2. The first-order valence-corrected chi connectivity index (χ1v) is 7.32. The molecule has 5 N–H and O–H groups in total. The number of primary amides is 1. The summed E-state index contributed by atoms with van der Waals surface area (Å²) < 4.78 is 0. The van der Waals surface area contributed by atoms with Gasteiger partial charge in [0, 0.05) is 24.9 Å². The third kappa shape index (κ3) is 7.70. The molecule has 1 saturated carbocycles. The fourth-order valence-electron chi connectivity index (χ4n) is 2.73. The summed E-state index contributed by atoms with van der Waals surface area (Å²) in [4.78, 5) is 23.0. The Morgan fingerprint density at radius 3 is 2.35 bits per heavy atom. The van der Waals surface area contributed by atoms with Crippen molar-refractivity contribution in [3.8, 4) is 0 Å². The molecular weight excluding hydrogens is 278 g/mol. The topological polar surface area (TPSA) is 98.2 Å². The van der Waals surface area contributed by atoms with Crippen molar-refractivity contribution in [2.75, 3.05) is 0 Å². The van der Waals surface area contributed by atoms with E-state index < -0.39 is 0 Å². The number of carbonyl (C=O) groups excluding carboxylic acids is 2. The minimum absolute atomic E-state index is 0. The van der Waals surface area contributed by atoms with Gasteiger partial charge in [0.25, 0.3) is 0 Å². The van der Waals surface area contributed by atoms with Crippen molar-refractivity contribution in [3.63, 3.8) is 0 Å². The maximum absolute atomic E-state index is 11.9. The van der Waals surface area contributed by atoms with Gasteiger partial charge < -0.3 is 16.8 Å².